The molecule has 0 amide bonds. The summed E-state index contributed by atoms with van der Waals surface area (Å²) in [5.41, 5.74) is 0.937. The number of hydrogen-bond acceptors (Lipinski definition) is 3. The van der Waals surface area contributed by atoms with Crippen LogP contribution in [-0.4, -0.2) is 30.8 Å². The number of carbonyl (C=O) groups is 2. The molecule has 0 fully saturated rings. The van der Waals surface area contributed by atoms with Gasteiger partial charge in [-0.3, -0.25) is 9.59 Å². The first-order valence-electron chi connectivity index (χ1n) is 8.32. The van der Waals surface area contributed by atoms with Crippen molar-refractivity contribution in [3.63, 3.8) is 0 Å². The highest BCUT2D eigenvalue weighted by atomic mass is 28.4. The zero-order chi connectivity index (χ0) is 17.7. The number of rotatable bonds is 8. The zero-order valence-electron chi connectivity index (χ0n) is 15.0. The molecule has 1 atom stereocenters. The second kappa shape index (κ2) is 8.06. The molecule has 1 aliphatic rings. The molecular formula is C18H30O4Si. The van der Waals surface area contributed by atoms with Crippen molar-refractivity contribution in [2.24, 2.45) is 0 Å². The van der Waals surface area contributed by atoms with E-state index in [1.54, 1.807) is 0 Å². The third-order valence-corrected chi connectivity index (χ3v) is 7.19. The number of hydrogen-bond donors (Lipinski definition) is 1. The highest BCUT2D eigenvalue weighted by Crippen LogP contribution is 2.38. The van der Waals surface area contributed by atoms with Gasteiger partial charge in [-0.25, -0.2) is 0 Å². The van der Waals surface area contributed by atoms with Crippen molar-refractivity contribution in [2.45, 2.75) is 77.1 Å². The van der Waals surface area contributed by atoms with Crippen molar-refractivity contribution in [2.75, 3.05) is 0 Å². The third kappa shape index (κ3) is 7.27. The molecule has 0 saturated heterocycles. The topological polar surface area (TPSA) is 63.6 Å². The summed E-state index contributed by atoms with van der Waals surface area (Å²) in [5, 5.41) is 8.58. The molecular weight excluding hydrogens is 308 g/mol. The number of carboxylic acids is 1. The van der Waals surface area contributed by atoms with E-state index in [4.69, 9.17) is 9.53 Å². The lowest BCUT2D eigenvalue weighted by Crippen LogP contribution is -2.42. The van der Waals surface area contributed by atoms with Crippen molar-refractivity contribution < 1.29 is 19.1 Å². The number of allylic oxidation sites excluding steroid dienone is 4. The van der Waals surface area contributed by atoms with Crippen LogP contribution >= 0.6 is 0 Å². The Hall–Kier alpha value is -1.20. The van der Waals surface area contributed by atoms with Gasteiger partial charge in [0, 0.05) is 24.0 Å². The molecule has 4 nitrogen and oxygen atoms in total. The summed E-state index contributed by atoms with van der Waals surface area (Å²) < 4.78 is 6.25. The Bertz CT molecular complexity index is 498. The summed E-state index contributed by atoms with van der Waals surface area (Å²) in [5.74, 6) is -0.538. The summed E-state index contributed by atoms with van der Waals surface area (Å²) in [4.78, 5) is 22.6. The van der Waals surface area contributed by atoms with Crippen LogP contribution < -0.4 is 0 Å². The van der Waals surface area contributed by atoms with Crippen LogP contribution in [0, 0.1) is 0 Å². The maximum absolute atomic E-state index is 12.2. The summed E-state index contributed by atoms with van der Waals surface area (Å²) in [6.07, 6.45) is 8.84. The Kier molecular flexibility index (Phi) is 6.95. The van der Waals surface area contributed by atoms with Gasteiger partial charge in [-0.15, -0.1) is 0 Å². The maximum Gasteiger partial charge on any atom is 0.303 e. The van der Waals surface area contributed by atoms with Gasteiger partial charge in [0.2, 0.25) is 0 Å². The van der Waals surface area contributed by atoms with E-state index >= 15 is 0 Å². The predicted molar refractivity (Wildman–Crippen MR) is 95.0 cm³/mol. The minimum absolute atomic E-state index is 0.181. The largest absolute Gasteiger partial charge is 0.481 e. The van der Waals surface area contributed by atoms with E-state index in [-0.39, 0.29) is 23.3 Å². The third-order valence-electron chi connectivity index (χ3n) is 3.89. The van der Waals surface area contributed by atoms with Crippen LogP contribution in [-0.2, 0) is 14.0 Å². The first-order chi connectivity index (χ1) is 10.5. The molecule has 23 heavy (non-hydrogen) atoms. The highest BCUT2D eigenvalue weighted by molar-refractivity contribution is 6.73. The summed E-state index contributed by atoms with van der Waals surface area (Å²) in [6, 6.07) is 0. The minimum atomic E-state index is -1.95. The average molecular weight is 339 g/mol. The predicted octanol–water partition coefficient (Wildman–Crippen LogP) is 4.48. The molecule has 0 heterocycles. The second-order valence-corrected chi connectivity index (χ2v) is 11.9. The van der Waals surface area contributed by atoms with Crippen LogP contribution in [0.5, 0.6) is 0 Å². The van der Waals surface area contributed by atoms with Crippen molar-refractivity contribution >= 4 is 20.1 Å². The van der Waals surface area contributed by atoms with Gasteiger partial charge in [-0.1, -0.05) is 18.2 Å². The molecule has 1 rings (SSSR count). The molecule has 0 bridgehead atoms. The van der Waals surface area contributed by atoms with Crippen LogP contribution in [0.3, 0.4) is 0 Å². The van der Waals surface area contributed by atoms with Crippen molar-refractivity contribution in [1.29, 1.82) is 0 Å². The van der Waals surface area contributed by atoms with E-state index in [9.17, 15) is 9.59 Å². The molecule has 0 aromatic carbocycles. The Labute approximate surface area is 140 Å². The van der Waals surface area contributed by atoms with Gasteiger partial charge in [-0.05, 0) is 58.7 Å². The highest BCUT2D eigenvalue weighted by Gasteiger charge is 2.40. The van der Waals surface area contributed by atoms with Gasteiger partial charge >= 0.3 is 5.97 Å². The monoisotopic (exact) mass is 338 g/mol. The van der Waals surface area contributed by atoms with Crippen LogP contribution in [0.2, 0.25) is 18.6 Å². The molecule has 1 N–H and O–H groups in total. The van der Waals surface area contributed by atoms with Gasteiger partial charge in [0.15, 0.2) is 14.1 Å². The van der Waals surface area contributed by atoms with E-state index in [0.29, 0.717) is 19.3 Å². The zero-order valence-corrected chi connectivity index (χ0v) is 16.0. The lowest BCUT2D eigenvalue weighted by atomic mass is 10.1. The molecule has 0 aromatic rings. The number of carbonyl (C=O) groups excluding carboxylic acids is 1. The fraction of sp³-hybridized carbons (Fsp3) is 0.667. The number of ketones is 1. The second-order valence-electron chi connectivity index (χ2n) is 7.71. The molecule has 0 saturated carbocycles. The minimum Gasteiger partial charge on any atom is -0.481 e. The van der Waals surface area contributed by atoms with Crippen LogP contribution in [0.1, 0.15) is 52.9 Å². The number of carboxylic acid groups (broad SMARTS) is 1. The molecule has 1 aliphatic carbocycles. The Morgan fingerprint density at radius 3 is 2.61 bits per heavy atom. The van der Waals surface area contributed by atoms with Crippen molar-refractivity contribution in [1.82, 2.24) is 0 Å². The van der Waals surface area contributed by atoms with Crippen molar-refractivity contribution in [3.8, 4) is 0 Å². The fourth-order valence-electron chi connectivity index (χ4n) is 2.92. The lowest BCUT2D eigenvalue weighted by molar-refractivity contribution is -0.137. The van der Waals surface area contributed by atoms with E-state index in [0.717, 1.165) is 12.0 Å². The average Bonchev–Trinajstić information content (AvgIpc) is 2.73. The quantitative estimate of drug-likeness (QED) is 0.403. The summed E-state index contributed by atoms with van der Waals surface area (Å²) in [7, 11) is -1.95. The van der Waals surface area contributed by atoms with Gasteiger partial charge in [0.25, 0.3) is 0 Å². The molecule has 0 aliphatic heterocycles. The standard InChI is InChI=1S/C18H30O4Si/c1-18(2,3)22-23(4,5)15-12-14(16(19)13-15)10-8-6-7-9-11-17(20)21/h6,8,12,15H,7,9-11,13H2,1-5H3,(H,20,21)/b8-6-/t15-/m0/s1. The first-order valence-corrected chi connectivity index (χ1v) is 11.3. The summed E-state index contributed by atoms with van der Waals surface area (Å²) >= 11 is 0. The smallest absolute Gasteiger partial charge is 0.303 e. The van der Waals surface area contributed by atoms with Crippen LogP contribution in [0.25, 0.3) is 0 Å². The Balaban J connectivity index is 2.55. The number of aliphatic carboxylic acids is 1. The fourth-order valence-corrected chi connectivity index (χ4v) is 5.93. The number of Topliss-reactive ketones (excluding diaryl/α,β-unsaturated/α-hetero) is 1. The van der Waals surface area contributed by atoms with Gasteiger partial charge in [-0.2, -0.15) is 0 Å². The maximum atomic E-state index is 12.2. The molecule has 0 radical (unpaired) electrons. The SMILES string of the molecule is CC(C)(C)O[Si](C)(C)[C@H]1C=C(C/C=C\CCCC(=O)O)C(=O)C1. The molecule has 0 unspecified atom stereocenters. The molecule has 5 heteroatoms. The van der Waals surface area contributed by atoms with Gasteiger partial charge in [0.05, 0.1) is 0 Å². The number of unbranched alkanes of at least 4 members (excludes halogenated alkanes) is 1. The molecule has 130 valence electrons. The first kappa shape index (κ1) is 19.8. The van der Waals surface area contributed by atoms with Crippen LogP contribution in [0.15, 0.2) is 23.8 Å². The van der Waals surface area contributed by atoms with Gasteiger partial charge < -0.3 is 9.53 Å². The molecule has 0 aromatic heterocycles. The van der Waals surface area contributed by atoms with E-state index in [2.05, 4.69) is 39.9 Å². The van der Waals surface area contributed by atoms with E-state index in [1.165, 1.54) is 0 Å². The molecule has 0 spiro atoms. The summed E-state index contributed by atoms with van der Waals surface area (Å²) in [6.45, 7) is 10.5. The normalized spacial score (nSPS) is 19.4. The van der Waals surface area contributed by atoms with E-state index in [1.807, 2.05) is 12.2 Å². The lowest BCUT2D eigenvalue weighted by Gasteiger charge is -2.35. The van der Waals surface area contributed by atoms with Crippen LogP contribution in [0.4, 0.5) is 0 Å². The Morgan fingerprint density at radius 1 is 1.39 bits per heavy atom. The van der Waals surface area contributed by atoms with E-state index < -0.39 is 14.3 Å². The Morgan fingerprint density at radius 2 is 2.04 bits per heavy atom. The van der Waals surface area contributed by atoms with Gasteiger partial charge in [0.1, 0.15) is 0 Å². The van der Waals surface area contributed by atoms with Crippen molar-refractivity contribution in [3.05, 3.63) is 23.8 Å².